The molecule has 146 valence electrons. The molecule has 3 aromatic heterocycles. The topological polar surface area (TPSA) is 63.7 Å². The van der Waals surface area contributed by atoms with Crippen molar-refractivity contribution in [2.45, 2.75) is 27.4 Å². The van der Waals surface area contributed by atoms with E-state index in [1.807, 2.05) is 57.3 Å². The summed E-state index contributed by atoms with van der Waals surface area (Å²) in [6.45, 7) is 6.51. The average Bonchev–Trinajstić information content (AvgIpc) is 3.10. The maximum atomic E-state index is 5.98. The van der Waals surface area contributed by atoms with E-state index in [9.17, 15) is 0 Å². The molecule has 0 atom stereocenters. The second-order valence-corrected chi connectivity index (χ2v) is 7.39. The number of nitrogens with one attached hydrogen (secondary N) is 1. The molecule has 1 N–H and O–H groups in total. The van der Waals surface area contributed by atoms with Crippen LogP contribution in [0.4, 0.5) is 0 Å². The third-order valence-electron chi connectivity index (χ3n) is 4.70. The highest BCUT2D eigenvalue weighted by Gasteiger charge is 2.12. The zero-order chi connectivity index (χ0) is 20.4. The number of pyridine rings is 2. The van der Waals surface area contributed by atoms with Crippen LogP contribution < -0.4 is 4.74 Å². The number of H-pyrrole nitrogens is 1. The van der Waals surface area contributed by atoms with Crippen LogP contribution in [0.2, 0.25) is 5.15 Å². The Labute approximate surface area is 174 Å². The highest BCUT2D eigenvalue weighted by molar-refractivity contribution is 6.29. The van der Waals surface area contributed by atoms with Gasteiger partial charge in [-0.3, -0.25) is 4.98 Å². The van der Waals surface area contributed by atoms with Gasteiger partial charge in [-0.15, -0.1) is 0 Å². The van der Waals surface area contributed by atoms with Crippen LogP contribution in [-0.2, 0) is 6.61 Å². The van der Waals surface area contributed by atoms with E-state index in [0.29, 0.717) is 11.8 Å². The first kappa shape index (κ1) is 19.2. The molecule has 0 unspecified atom stereocenters. The molecule has 0 radical (unpaired) electrons. The van der Waals surface area contributed by atoms with Gasteiger partial charge >= 0.3 is 0 Å². The van der Waals surface area contributed by atoms with Gasteiger partial charge in [0.25, 0.3) is 0 Å². The van der Waals surface area contributed by atoms with Crippen molar-refractivity contribution in [3.63, 3.8) is 0 Å². The Balaban J connectivity index is 1.54. The third kappa shape index (κ3) is 4.30. The Morgan fingerprint density at radius 1 is 0.931 bits per heavy atom. The summed E-state index contributed by atoms with van der Waals surface area (Å²) in [7, 11) is 0. The number of ether oxygens (including phenoxy) is 1. The molecule has 6 heteroatoms. The van der Waals surface area contributed by atoms with Gasteiger partial charge in [-0.1, -0.05) is 17.7 Å². The SMILES string of the molecule is Cc1ccc(COc2ccc(-c3nc(-c4ccc(Cl)nc4)[nH]c3C)cc2C)cn1. The van der Waals surface area contributed by atoms with Gasteiger partial charge in [0.2, 0.25) is 0 Å². The van der Waals surface area contributed by atoms with Gasteiger partial charge < -0.3 is 9.72 Å². The highest BCUT2D eigenvalue weighted by atomic mass is 35.5. The van der Waals surface area contributed by atoms with Crippen molar-refractivity contribution < 1.29 is 4.74 Å². The number of benzene rings is 1. The fourth-order valence-electron chi connectivity index (χ4n) is 3.10. The molecule has 1 aromatic carbocycles. The van der Waals surface area contributed by atoms with Crippen molar-refractivity contribution in [1.29, 1.82) is 0 Å². The number of aromatic amines is 1. The maximum Gasteiger partial charge on any atom is 0.139 e. The molecule has 0 saturated heterocycles. The van der Waals surface area contributed by atoms with Crippen LogP contribution in [0.1, 0.15) is 22.5 Å². The van der Waals surface area contributed by atoms with E-state index in [2.05, 4.69) is 21.0 Å². The highest BCUT2D eigenvalue weighted by Crippen LogP contribution is 2.29. The van der Waals surface area contributed by atoms with Crippen molar-refractivity contribution in [3.05, 3.63) is 82.5 Å². The maximum absolute atomic E-state index is 5.98. The summed E-state index contributed by atoms with van der Waals surface area (Å²) in [6.07, 6.45) is 3.56. The van der Waals surface area contributed by atoms with E-state index in [-0.39, 0.29) is 0 Å². The standard InChI is InChI=1S/C23H21ClN4O/c1-14-10-18(6-8-20(14)29-13-17-5-4-15(2)25-11-17)22-16(3)27-23(28-22)19-7-9-21(24)26-12-19/h4-12H,13H2,1-3H3,(H,27,28). The van der Waals surface area contributed by atoms with Crippen molar-refractivity contribution >= 4 is 11.6 Å². The number of halogens is 1. The number of nitrogens with zero attached hydrogens (tertiary/aromatic N) is 3. The van der Waals surface area contributed by atoms with Crippen LogP contribution in [-0.4, -0.2) is 19.9 Å². The van der Waals surface area contributed by atoms with E-state index in [1.165, 1.54) is 0 Å². The van der Waals surface area contributed by atoms with Crippen LogP contribution >= 0.6 is 11.6 Å². The van der Waals surface area contributed by atoms with Gasteiger partial charge in [-0.25, -0.2) is 9.97 Å². The quantitative estimate of drug-likeness (QED) is 0.434. The van der Waals surface area contributed by atoms with Crippen molar-refractivity contribution in [1.82, 2.24) is 19.9 Å². The Morgan fingerprint density at radius 2 is 1.76 bits per heavy atom. The zero-order valence-corrected chi connectivity index (χ0v) is 17.3. The van der Waals surface area contributed by atoms with Crippen molar-refractivity contribution in [2.75, 3.05) is 0 Å². The first-order valence-corrected chi connectivity index (χ1v) is 9.71. The van der Waals surface area contributed by atoms with Crippen LogP contribution in [0.5, 0.6) is 5.75 Å². The predicted molar refractivity (Wildman–Crippen MR) is 115 cm³/mol. The first-order chi connectivity index (χ1) is 14.0. The van der Waals surface area contributed by atoms with E-state index in [4.69, 9.17) is 21.3 Å². The molecule has 0 aliphatic rings. The fraction of sp³-hybridized carbons (Fsp3) is 0.174. The molecule has 0 saturated carbocycles. The predicted octanol–water partition coefficient (Wildman–Crippen LogP) is 5.69. The lowest BCUT2D eigenvalue weighted by Crippen LogP contribution is -1.98. The summed E-state index contributed by atoms with van der Waals surface area (Å²) in [5.74, 6) is 1.62. The molecular weight excluding hydrogens is 384 g/mol. The van der Waals surface area contributed by atoms with Crippen molar-refractivity contribution in [3.8, 4) is 28.4 Å². The number of aryl methyl sites for hydroxylation is 3. The summed E-state index contributed by atoms with van der Waals surface area (Å²) < 4.78 is 5.98. The van der Waals surface area contributed by atoms with Gasteiger partial charge in [-0.05, 0) is 62.7 Å². The second kappa shape index (κ2) is 8.05. The number of imidazole rings is 1. The molecule has 0 fully saturated rings. The lowest BCUT2D eigenvalue weighted by Gasteiger charge is -2.10. The summed E-state index contributed by atoms with van der Waals surface area (Å²) >= 11 is 5.88. The van der Waals surface area contributed by atoms with Crippen LogP contribution in [0, 0.1) is 20.8 Å². The van der Waals surface area contributed by atoms with E-state index in [0.717, 1.165) is 50.9 Å². The molecule has 4 aromatic rings. The van der Waals surface area contributed by atoms with Gasteiger partial charge in [0.05, 0.1) is 5.69 Å². The lowest BCUT2D eigenvalue weighted by atomic mass is 10.1. The summed E-state index contributed by atoms with van der Waals surface area (Å²) in [5, 5.41) is 0.463. The smallest absolute Gasteiger partial charge is 0.139 e. The minimum atomic E-state index is 0.463. The van der Waals surface area contributed by atoms with E-state index >= 15 is 0 Å². The van der Waals surface area contributed by atoms with Crippen molar-refractivity contribution in [2.24, 2.45) is 0 Å². The van der Waals surface area contributed by atoms with Crippen LogP contribution in [0.3, 0.4) is 0 Å². The summed E-state index contributed by atoms with van der Waals surface area (Å²) in [5.41, 5.74) is 6.93. The normalized spacial score (nSPS) is 10.9. The first-order valence-electron chi connectivity index (χ1n) is 9.33. The molecule has 29 heavy (non-hydrogen) atoms. The minimum absolute atomic E-state index is 0.463. The van der Waals surface area contributed by atoms with Gasteiger partial charge in [0.15, 0.2) is 0 Å². The molecule has 3 heterocycles. The molecule has 0 aliphatic carbocycles. The van der Waals surface area contributed by atoms with E-state index in [1.54, 1.807) is 12.3 Å². The molecule has 0 aliphatic heterocycles. The van der Waals surface area contributed by atoms with Crippen LogP contribution in [0.15, 0.2) is 54.9 Å². The third-order valence-corrected chi connectivity index (χ3v) is 4.92. The van der Waals surface area contributed by atoms with Gasteiger partial charge in [0, 0.05) is 40.5 Å². The van der Waals surface area contributed by atoms with E-state index < -0.39 is 0 Å². The molecule has 0 spiro atoms. The molecule has 0 amide bonds. The van der Waals surface area contributed by atoms with Gasteiger partial charge in [-0.2, -0.15) is 0 Å². The Hall–Kier alpha value is -3.18. The fourth-order valence-corrected chi connectivity index (χ4v) is 3.21. The number of hydrogen-bond donors (Lipinski definition) is 1. The molecule has 0 bridgehead atoms. The number of aromatic nitrogens is 4. The Morgan fingerprint density at radius 3 is 2.45 bits per heavy atom. The zero-order valence-electron chi connectivity index (χ0n) is 16.5. The monoisotopic (exact) mass is 404 g/mol. The largest absolute Gasteiger partial charge is 0.489 e. The lowest BCUT2D eigenvalue weighted by molar-refractivity contribution is 0.303. The Kier molecular flexibility index (Phi) is 5.32. The summed E-state index contributed by atoms with van der Waals surface area (Å²) in [6, 6.07) is 13.8. The number of rotatable bonds is 5. The van der Waals surface area contributed by atoms with Gasteiger partial charge in [0.1, 0.15) is 23.3 Å². The number of hydrogen-bond acceptors (Lipinski definition) is 4. The molecule has 5 nitrogen and oxygen atoms in total. The average molecular weight is 405 g/mol. The summed E-state index contributed by atoms with van der Waals surface area (Å²) in [4.78, 5) is 16.5. The second-order valence-electron chi connectivity index (χ2n) is 7.01. The Bertz CT molecular complexity index is 1130. The minimum Gasteiger partial charge on any atom is -0.489 e. The molecular formula is C23H21ClN4O. The van der Waals surface area contributed by atoms with Crippen LogP contribution in [0.25, 0.3) is 22.6 Å². The molecule has 4 rings (SSSR count).